The summed E-state index contributed by atoms with van der Waals surface area (Å²) < 4.78 is 0. The van der Waals surface area contributed by atoms with Gasteiger partial charge in [0.1, 0.15) is 5.82 Å². The van der Waals surface area contributed by atoms with E-state index >= 15 is 0 Å². The number of thiophene rings is 1. The number of rotatable bonds is 4. The van der Waals surface area contributed by atoms with Crippen molar-refractivity contribution in [3.63, 3.8) is 0 Å². The smallest absolute Gasteiger partial charge is 0.229 e. The Kier molecular flexibility index (Phi) is 3.52. The lowest BCUT2D eigenvalue weighted by molar-refractivity contribution is 0.891. The summed E-state index contributed by atoms with van der Waals surface area (Å²) in [5.74, 6) is 1.50. The summed E-state index contributed by atoms with van der Waals surface area (Å²) in [6.07, 6.45) is 0. The van der Waals surface area contributed by atoms with Gasteiger partial charge in [-0.05, 0) is 26.0 Å². The highest BCUT2D eigenvalue weighted by Gasteiger charge is 2.09. The molecule has 0 saturated heterocycles. The minimum atomic E-state index is 0.331. The number of nitrogens with one attached hydrogen (secondary N) is 2. The Morgan fingerprint density at radius 1 is 1.05 bits per heavy atom. The van der Waals surface area contributed by atoms with Crippen LogP contribution >= 0.6 is 11.3 Å². The van der Waals surface area contributed by atoms with Crippen LogP contribution in [0.15, 0.2) is 41.1 Å². The molecule has 1 aromatic carbocycles. The summed E-state index contributed by atoms with van der Waals surface area (Å²) in [5.41, 5.74) is 1.95. The molecule has 0 atom stereocenters. The molecule has 4 nitrogen and oxygen atoms in total. The first-order valence-electron chi connectivity index (χ1n) is 6.55. The molecule has 20 heavy (non-hydrogen) atoms. The van der Waals surface area contributed by atoms with Gasteiger partial charge in [-0.2, -0.15) is 4.98 Å². The lowest BCUT2D eigenvalue weighted by atomic mass is 10.3. The number of hydrogen-bond acceptors (Lipinski definition) is 5. The molecular formula is C15H16N4S. The average molecular weight is 284 g/mol. The Balaban J connectivity index is 1.99. The van der Waals surface area contributed by atoms with E-state index in [9.17, 15) is 0 Å². The molecular weight excluding hydrogens is 268 g/mol. The molecule has 2 heterocycles. The number of fused-ring (bicyclic) bond motifs is 1. The average Bonchev–Trinajstić information content (AvgIpc) is 2.88. The number of benzene rings is 1. The van der Waals surface area contributed by atoms with E-state index < -0.39 is 0 Å². The van der Waals surface area contributed by atoms with Crippen LogP contribution in [0.3, 0.4) is 0 Å². The molecule has 2 aromatic heterocycles. The van der Waals surface area contributed by atoms with E-state index in [-0.39, 0.29) is 0 Å². The van der Waals surface area contributed by atoms with E-state index in [0.29, 0.717) is 12.0 Å². The second kappa shape index (κ2) is 5.46. The van der Waals surface area contributed by atoms with Crippen molar-refractivity contribution in [2.45, 2.75) is 19.9 Å². The molecule has 0 radical (unpaired) electrons. The van der Waals surface area contributed by atoms with E-state index in [1.165, 1.54) is 0 Å². The van der Waals surface area contributed by atoms with E-state index in [4.69, 9.17) is 0 Å². The molecule has 0 unspecified atom stereocenters. The van der Waals surface area contributed by atoms with E-state index in [0.717, 1.165) is 22.4 Å². The topological polar surface area (TPSA) is 49.8 Å². The molecule has 0 aliphatic carbocycles. The minimum absolute atomic E-state index is 0.331. The van der Waals surface area contributed by atoms with Gasteiger partial charge in [-0.1, -0.05) is 18.2 Å². The zero-order chi connectivity index (χ0) is 13.9. The Bertz CT molecular complexity index is 706. The fourth-order valence-corrected chi connectivity index (χ4v) is 2.69. The van der Waals surface area contributed by atoms with Gasteiger partial charge >= 0.3 is 0 Å². The monoisotopic (exact) mass is 284 g/mol. The highest BCUT2D eigenvalue weighted by atomic mass is 32.1. The zero-order valence-electron chi connectivity index (χ0n) is 11.4. The first-order chi connectivity index (χ1) is 9.72. The van der Waals surface area contributed by atoms with Crippen LogP contribution in [-0.4, -0.2) is 16.0 Å². The quantitative estimate of drug-likeness (QED) is 0.751. The van der Waals surface area contributed by atoms with E-state index in [2.05, 4.69) is 39.8 Å². The largest absolute Gasteiger partial charge is 0.367 e. The number of nitrogens with zero attached hydrogens (tertiary/aromatic N) is 2. The summed E-state index contributed by atoms with van der Waals surface area (Å²) in [6.45, 7) is 4.20. The van der Waals surface area contributed by atoms with Crippen LogP contribution in [0.2, 0.25) is 0 Å². The Morgan fingerprint density at radius 3 is 2.60 bits per heavy atom. The van der Waals surface area contributed by atoms with Crippen molar-refractivity contribution in [2.24, 2.45) is 0 Å². The van der Waals surface area contributed by atoms with Gasteiger partial charge in [-0.25, -0.2) is 4.98 Å². The third-order valence-electron chi connectivity index (χ3n) is 2.80. The Hall–Kier alpha value is -2.14. The summed E-state index contributed by atoms with van der Waals surface area (Å²) in [6, 6.07) is 10.3. The number of hydrogen-bond donors (Lipinski definition) is 2. The van der Waals surface area contributed by atoms with Crippen molar-refractivity contribution >= 4 is 39.7 Å². The van der Waals surface area contributed by atoms with Crippen LogP contribution < -0.4 is 10.6 Å². The van der Waals surface area contributed by atoms with Crippen LogP contribution in [0.5, 0.6) is 0 Å². The van der Waals surface area contributed by atoms with Crippen molar-refractivity contribution < 1.29 is 0 Å². The van der Waals surface area contributed by atoms with Crippen LogP contribution in [0.1, 0.15) is 13.8 Å². The highest BCUT2D eigenvalue weighted by molar-refractivity contribution is 7.09. The SMILES string of the molecule is CC(C)Nc1nc(Nc2ccccc2)nc2cscc12. The first-order valence-corrected chi connectivity index (χ1v) is 7.49. The lowest BCUT2D eigenvalue weighted by Crippen LogP contribution is -2.12. The summed E-state index contributed by atoms with van der Waals surface area (Å²) in [4.78, 5) is 9.13. The van der Waals surface area contributed by atoms with Crippen LogP contribution in [0.4, 0.5) is 17.5 Å². The van der Waals surface area contributed by atoms with Gasteiger partial charge in [-0.3, -0.25) is 0 Å². The Morgan fingerprint density at radius 2 is 1.85 bits per heavy atom. The third kappa shape index (κ3) is 2.72. The maximum absolute atomic E-state index is 4.58. The standard InChI is InChI=1S/C15H16N4S/c1-10(2)16-14-12-8-20-9-13(12)18-15(19-14)17-11-6-4-3-5-7-11/h3-10H,1-2H3,(H2,16,17,18,19). The highest BCUT2D eigenvalue weighted by Crippen LogP contribution is 2.27. The van der Waals surface area contributed by atoms with E-state index in [1.807, 2.05) is 35.7 Å². The van der Waals surface area contributed by atoms with Gasteiger partial charge in [0, 0.05) is 22.5 Å². The minimum Gasteiger partial charge on any atom is -0.367 e. The molecule has 0 bridgehead atoms. The van der Waals surface area contributed by atoms with Crippen LogP contribution in [-0.2, 0) is 0 Å². The van der Waals surface area contributed by atoms with Gasteiger partial charge in [-0.15, -0.1) is 11.3 Å². The van der Waals surface area contributed by atoms with Gasteiger partial charge in [0.15, 0.2) is 0 Å². The maximum Gasteiger partial charge on any atom is 0.229 e. The van der Waals surface area contributed by atoms with Crippen molar-refractivity contribution in [1.29, 1.82) is 0 Å². The Labute approximate surface area is 121 Å². The zero-order valence-corrected chi connectivity index (χ0v) is 12.2. The molecule has 5 heteroatoms. The lowest BCUT2D eigenvalue weighted by Gasteiger charge is -2.12. The summed E-state index contributed by atoms with van der Waals surface area (Å²) >= 11 is 1.64. The molecule has 0 aliphatic heterocycles. The van der Waals surface area contributed by atoms with Crippen LogP contribution in [0, 0.1) is 0 Å². The van der Waals surface area contributed by atoms with Crippen LogP contribution in [0.25, 0.3) is 10.9 Å². The normalized spacial score (nSPS) is 10.9. The van der Waals surface area contributed by atoms with Crippen molar-refractivity contribution in [2.75, 3.05) is 10.6 Å². The van der Waals surface area contributed by atoms with Crippen molar-refractivity contribution in [3.05, 3.63) is 41.1 Å². The molecule has 0 amide bonds. The fraction of sp³-hybridized carbons (Fsp3) is 0.200. The van der Waals surface area contributed by atoms with Gasteiger partial charge in [0.05, 0.1) is 10.9 Å². The molecule has 0 aliphatic rings. The second-order valence-electron chi connectivity index (χ2n) is 4.86. The molecule has 0 saturated carbocycles. The predicted molar refractivity (Wildman–Crippen MR) is 85.9 cm³/mol. The van der Waals surface area contributed by atoms with Crippen molar-refractivity contribution in [1.82, 2.24) is 9.97 Å². The predicted octanol–water partition coefficient (Wildman–Crippen LogP) is 4.26. The molecule has 0 fully saturated rings. The van der Waals surface area contributed by atoms with Gasteiger partial charge < -0.3 is 10.6 Å². The van der Waals surface area contributed by atoms with Gasteiger partial charge in [0.25, 0.3) is 0 Å². The molecule has 3 rings (SSSR count). The molecule has 3 aromatic rings. The molecule has 102 valence electrons. The van der Waals surface area contributed by atoms with Gasteiger partial charge in [0.2, 0.25) is 5.95 Å². The number of anilines is 3. The summed E-state index contributed by atoms with van der Waals surface area (Å²) in [7, 11) is 0. The van der Waals surface area contributed by atoms with Crippen molar-refractivity contribution in [3.8, 4) is 0 Å². The second-order valence-corrected chi connectivity index (χ2v) is 5.60. The molecule has 2 N–H and O–H groups in total. The maximum atomic E-state index is 4.58. The third-order valence-corrected chi connectivity index (χ3v) is 3.53. The number of para-hydroxylation sites is 1. The first kappa shape index (κ1) is 12.9. The molecule has 0 spiro atoms. The summed E-state index contributed by atoms with van der Waals surface area (Å²) in [5, 5.41) is 11.8. The number of aromatic nitrogens is 2. The fourth-order valence-electron chi connectivity index (χ4n) is 1.95. The van der Waals surface area contributed by atoms with E-state index in [1.54, 1.807) is 11.3 Å².